The SMILES string of the molecule is CCC(C)[C@@H](N)c1c(F)ccc(C)c1Cl. The van der Waals surface area contributed by atoms with E-state index in [9.17, 15) is 4.39 Å². The molecule has 1 aromatic carbocycles. The monoisotopic (exact) mass is 229 g/mol. The Balaban J connectivity index is 3.18. The molecule has 0 aliphatic heterocycles. The molecule has 0 spiro atoms. The Hall–Kier alpha value is -0.600. The van der Waals surface area contributed by atoms with E-state index < -0.39 is 0 Å². The van der Waals surface area contributed by atoms with Crippen molar-refractivity contribution in [1.29, 1.82) is 0 Å². The van der Waals surface area contributed by atoms with Crippen LogP contribution in [0.1, 0.15) is 37.4 Å². The molecule has 1 rings (SSSR count). The highest BCUT2D eigenvalue weighted by molar-refractivity contribution is 6.32. The minimum absolute atomic E-state index is 0.221. The fraction of sp³-hybridized carbons (Fsp3) is 0.500. The number of rotatable bonds is 3. The van der Waals surface area contributed by atoms with Crippen LogP contribution in [0.2, 0.25) is 5.02 Å². The molecule has 0 fully saturated rings. The van der Waals surface area contributed by atoms with Gasteiger partial charge in [0.2, 0.25) is 0 Å². The molecule has 15 heavy (non-hydrogen) atoms. The van der Waals surface area contributed by atoms with Crippen LogP contribution in [0.4, 0.5) is 4.39 Å². The van der Waals surface area contributed by atoms with Crippen molar-refractivity contribution in [1.82, 2.24) is 0 Å². The van der Waals surface area contributed by atoms with Crippen molar-refractivity contribution in [3.05, 3.63) is 34.1 Å². The van der Waals surface area contributed by atoms with E-state index in [0.717, 1.165) is 12.0 Å². The topological polar surface area (TPSA) is 26.0 Å². The van der Waals surface area contributed by atoms with Crippen LogP contribution >= 0.6 is 11.6 Å². The number of halogens is 2. The summed E-state index contributed by atoms with van der Waals surface area (Å²) in [6, 6.07) is 2.77. The highest BCUT2D eigenvalue weighted by Crippen LogP contribution is 2.32. The predicted octanol–water partition coefficient (Wildman–Crippen LogP) is 3.83. The maximum atomic E-state index is 13.6. The molecule has 2 atom stereocenters. The maximum Gasteiger partial charge on any atom is 0.129 e. The average molecular weight is 230 g/mol. The zero-order valence-corrected chi connectivity index (χ0v) is 10.1. The van der Waals surface area contributed by atoms with Crippen molar-refractivity contribution < 1.29 is 4.39 Å². The molecular weight excluding hydrogens is 213 g/mol. The van der Waals surface area contributed by atoms with Gasteiger partial charge in [0.1, 0.15) is 5.82 Å². The molecule has 1 unspecified atom stereocenters. The lowest BCUT2D eigenvalue weighted by Gasteiger charge is -2.21. The molecule has 3 heteroatoms. The third-order valence-corrected chi connectivity index (χ3v) is 3.41. The zero-order valence-electron chi connectivity index (χ0n) is 9.35. The highest BCUT2D eigenvalue weighted by atomic mass is 35.5. The van der Waals surface area contributed by atoms with Crippen LogP contribution in [0.5, 0.6) is 0 Å². The Bertz CT molecular complexity index is 352. The minimum atomic E-state index is -0.331. The Morgan fingerprint density at radius 3 is 2.60 bits per heavy atom. The van der Waals surface area contributed by atoms with E-state index in [-0.39, 0.29) is 17.8 Å². The molecule has 0 saturated heterocycles. The highest BCUT2D eigenvalue weighted by Gasteiger charge is 2.20. The molecule has 0 aromatic heterocycles. The summed E-state index contributed by atoms with van der Waals surface area (Å²) >= 11 is 6.07. The lowest BCUT2D eigenvalue weighted by atomic mass is 9.92. The van der Waals surface area contributed by atoms with Crippen LogP contribution in [0.15, 0.2) is 12.1 Å². The van der Waals surface area contributed by atoms with Crippen molar-refractivity contribution in [2.24, 2.45) is 11.7 Å². The van der Waals surface area contributed by atoms with Gasteiger partial charge in [-0.1, -0.05) is 37.9 Å². The standard InChI is InChI=1S/C12H17ClFN/c1-4-7(2)12(15)10-9(14)6-5-8(3)11(10)13/h5-7,12H,4,15H2,1-3H3/t7?,12-/m1/s1. The van der Waals surface area contributed by atoms with Gasteiger partial charge in [-0.2, -0.15) is 0 Å². The van der Waals surface area contributed by atoms with Crippen molar-refractivity contribution >= 4 is 11.6 Å². The van der Waals surface area contributed by atoms with Gasteiger partial charge in [-0.25, -0.2) is 4.39 Å². The van der Waals surface area contributed by atoms with Crippen LogP contribution in [-0.2, 0) is 0 Å². The van der Waals surface area contributed by atoms with Gasteiger partial charge >= 0.3 is 0 Å². The fourth-order valence-corrected chi connectivity index (χ4v) is 1.80. The lowest BCUT2D eigenvalue weighted by molar-refractivity contribution is 0.439. The molecular formula is C12H17ClFN. The molecule has 1 nitrogen and oxygen atoms in total. The number of aryl methyl sites for hydroxylation is 1. The van der Waals surface area contributed by atoms with E-state index >= 15 is 0 Å². The van der Waals surface area contributed by atoms with Gasteiger partial charge in [-0.05, 0) is 24.5 Å². The molecule has 0 amide bonds. The quantitative estimate of drug-likeness (QED) is 0.838. The van der Waals surface area contributed by atoms with Gasteiger partial charge in [-0.3, -0.25) is 0 Å². The Kier molecular flexibility index (Phi) is 4.12. The lowest BCUT2D eigenvalue weighted by Crippen LogP contribution is -2.20. The van der Waals surface area contributed by atoms with E-state index in [0.29, 0.717) is 10.6 Å². The number of hydrogen-bond acceptors (Lipinski definition) is 1. The summed E-state index contributed by atoms with van der Waals surface area (Å²) in [5.41, 5.74) is 7.31. The molecule has 1 aromatic rings. The van der Waals surface area contributed by atoms with Crippen LogP contribution in [0.3, 0.4) is 0 Å². The first-order chi connectivity index (χ1) is 6.99. The third-order valence-electron chi connectivity index (χ3n) is 2.91. The summed E-state index contributed by atoms with van der Waals surface area (Å²) in [4.78, 5) is 0. The molecule has 0 saturated carbocycles. The molecule has 84 valence electrons. The van der Waals surface area contributed by atoms with Crippen molar-refractivity contribution in [3.8, 4) is 0 Å². The van der Waals surface area contributed by atoms with Gasteiger partial charge in [0.05, 0.1) is 5.02 Å². The van der Waals surface area contributed by atoms with E-state index in [2.05, 4.69) is 0 Å². The molecule has 0 aliphatic carbocycles. The maximum absolute atomic E-state index is 13.6. The van der Waals surface area contributed by atoms with Crippen LogP contribution in [0, 0.1) is 18.7 Å². The van der Waals surface area contributed by atoms with E-state index in [4.69, 9.17) is 17.3 Å². The van der Waals surface area contributed by atoms with Crippen LogP contribution in [0.25, 0.3) is 0 Å². The largest absolute Gasteiger partial charge is 0.324 e. The Labute approximate surface area is 95.4 Å². The van der Waals surface area contributed by atoms with Gasteiger partial charge in [0.15, 0.2) is 0 Å². The van der Waals surface area contributed by atoms with E-state index in [1.54, 1.807) is 6.07 Å². The summed E-state index contributed by atoms with van der Waals surface area (Å²) in [6.07, 6.45) is 0.908. The first-order valence-corrected chi connectivity index (χ1v) is 5.56. The van der Waals surface area contributed by atoms with Crippen LogP contribution in [-0.4, -0.2) is 0 Å². The second-order valence-corrected chi connectivity index (χ2v) is 4.38. The summed E-state index contributed by atoms with van der Waals surface area (Å²) in [7, 11) is 0. The van der Waals surface area contributed by atoms with Crippen LogP contribution < -0.4 is 5.73 Å². The normalized spacial score (nSPS) is 15.1. The third kappa shape index (κ3) is 2.50. The van der Waals surface area contributed by atoms with Crippen molar-refractivity contribution in [2.45, 2.75) is 33.2 Å². The van der Waals surface area contributed by atoms with Crippen molar-refractivity contribution in [2.75, 3.05) is 0 Å². The molecule has 0 heterocycles. The fourth-order valence-electron chi connectivity index (χ4n) is 1.52. The van der Waals surface area contributed by atoms with Gasteiger partial charge in [0.25, 0.3) is 0 Å². The Morgan fingerprint density at radius 2 is 2.07 bits per heavy atom. The van der Waals surface area contributed by atoms with Crippen molar-refractivity contribution in [3.63, 3.8) is 0 Å². The van der Waals surface area contributed by atoms with Gasteiger partial charge in [-0.15, -0.1) is 0 Å². The summed E-state index contributed by atoms with van der Waals surface area (Å²) in [6.45, 7) is 5.89. The first kappa shape index (κ1) is 12.5. The second kappa shape index (κ2) is 4.95. The van der Waals surface area contributed by atoms with E-state index in [1.165, 1.54) is 6.07 Å². The number of benzene rings is 1. The van der Waals surface area contributed by atoms with E-state index in [1.807, 2.05) is 20.8 Å². The molecule has 0 radical (unpaired) electrons. The first-order valence-electron chi connectivity index (χ1n) is 5.19. The summed E-state index contributed by atoms with van der Waals surface area (Å²) in [5, 5.41) is 0.461. The smallest absolute Gasteiger partial charge is 0.129 e. The Morgan fingerprint density at radius 1 is 1.47 bits per heavy atom. The number of nitrogens with two attached hydrogens (primary N) is 1. The zero-order chi connectivity index (χ0) is 11.6. The minimum Gasteiger partial charge on any atom is -0.324 e. The molecule has 0 aliphatic rings. The average Bonchev–Trinajstić information content (AvgIpc) is 2.22. The molecule has 2 N–H and O–H groups in total. The summed E-state index contributed by atoms with van der Waals surface area (Å²) < 4.78 is 13.6. The second-order valence-electron chi connectivity index (χ2n) is 4.00. The number of hydrogen-bond donors (Lipinski definition) is 1. The van der Waals surface area contributed by atoms with Gasteiger partial charge in [0, 0.05) is 11.6 Å². The summed E-state index contributed by atoms with van der Waals surface area (Å²) in [5.74, 6) is -0.0859. The van der Waals surface area contributed by atoms with Gasteiger partial charge < -0.3 is 5.73 Å². The predicted molar refractivity (Wildman–Crippen MR) is 62.5 cm³/mol. The molecule has 0 bridgehead atoms.